The molecular formula is C21H24N2. The van der Waals surface area contributed by atoms with Crippen molar-refractivity contribution in [3.8, 4) is 0 Å². The van der Waals surface area contributed by atoms with Gasteiger partial charge in [-0.1, -0.05) is 54.6 Å². The van der Waals surface area contributed by atoms with E-state index in [0.29, 0.717) is 12.1 Å². The van der Waals surface area contributed by atoms with Gasteiger partial charge in [0.25, 0.3) is 0 Å². The van der Waals surface area contributed by atoms with Gasteiger partial charge in [-0.15, -0.1) is 0 Å². The highest BCUT2D eigenvalue weighted by molar-refractivity contribution is 5.85. The molecule has 2 nitrogen and oxygen atoms in total. The van der Waals surface area contributed by atoms with E-state index in [0.717, 1.165) is 13.0 Å². The first-order valence-corrected chi connectivity index (χ1v) is 8.77. The first-order chi connectivity index (χ1) is 11.3. The third kappa shape index (κ3) is 2.67. The number of nitrogens with zero attached hydrogens (tertiary/aromatic N) is 2. The van der Waals surface area contributed by atoms with Crippen molar-refractivity contribution in [2.24, 2.45) is 4.99 Å². The van der Waals surface area contributed by atoms with Crippen molar-refractivity contribution >= 4 is 5.84 Å². The molecule has 1 fully saturated rings. The maximum Gasteiger partial charge on any atom is 0.0999 e. The summed E-state index contributed by atoms with van der Waals surface area (Å²) in [6.07, 6.45) is 4.75. The summed E-state index contributed by atoms with van der Waals surface area (Å²) >= 11 is 0. The average Bonchev–Trinajstić information content (AvgIpc) is 3.25. The molecule has 2 aromatic rings. The van der Waals surface area contributed by atoms with E-state index in [9.17, 15) is 0 Å². The number of aliphatic imine (C=N–C) groups is 1. The fourth-order valence-electron chi connectivity index (χ4n) is 4.17. The van der Waals surface area contributed by atoms with Crippen LogP contribution in [0.4, 0.5) is 0 Å². The zero-order chi connectivity index (χ0) is 15.6. The minimum Gasteiger partial charge on any atom is -0.346 e. The molecule has 2 heteroatoms. The number of likely N-dealkylation sites (tertiary alicyclic amines) is 1. The molecule has 0 radical (unpaired) electrons. The van der Waals surface area contributed by atoms with Gasteiger partial charge in [-0.05, 0) is 42.9 Å². The van der Waals surface area contributed by atoms with Crippen LogP contribution in [0, 0.1) is 6.92 Å². The topological polar surface area (TPSA) is 15.6 Å². The van der Waals surface area contributed by atoms with Crippen molar-refractivity contribution in [1.82, 2.24) is 4.90 Å². The molecule has 0 spiro atoms. The number of hydrogen-bond acceptors (Lipinski definition) is 2. The second-order valence-corrected chi connectivity index (χ2v) is 6.68. The molecule has 2 aliphatic rings. The monoisotopic (exact) mass is 304 g/mol. The van der Waals surface area contributed by atoms with Crippen molar-refractivity contribution in [3.63, 3.8) is 0 Å². The van der Waals surface area contributed by atoms with E-state index in [1.165, 1.54) is 41.8 Å². The molecular weight excluding hydrogens is 280 g/mol. The van der Waals surface area contributed by atoms with Crippen molar-refractivity contribution in [2.75, 3.05) is 6.54 Å². The number of hydrogen-bond donors (Lipinski definition) is 0. The SMILES string of the molecule is Cc1ccccc1[C@@H]1CCC(c2ccccc2)N1C1=NCCC1. The zero-order valence-electron chi connectivity index (χ0n) is 13.8. The average molecular weight is 304 g/mol. The van der Waals surface area contributed by atoms with Crippen LogP contribution in [0.3, 0.4) is 0 Å². The molecule has 2 heterocycles. The molecule has 0 bridgehead atoms. The lowest BCUT2D eigenvalue weighted by molar-refractivity contribution is 0.317. The Kier molecular flexibility index (Phi) is 3.90. The molecule has 4 rings (SSSR count). The molecule has 0 aromatic heterocycles. The lowest BCUT2D eigenvalue weighted by atomic mass is 9.99. The summed E-state index contributed by atoms with van der Waals surface area (Å²) in [4.78, 5) is 7.47. The van der Waals surface area contributed by atoms with E-state index in [1.807, 2.05) is 0 Å². The van der Waals surface area contributed by atoms with E-state index >= 15 is 0 Å². The third-order valence-electron chi connectivity index (χ3n) is 5.27. The number of amidine groups is 1. The fourth-order valence-corrected chi connectivity index (χ4v) is 4.17. The molecule has 1 saturated heterocycles. The van der Waals surface area contributed by atoms with Crippen LogP contribution in [0.25, 0.3) is 0 Å². The smallest absolute Gasteiger partial charge is 0.0999 e. The normalized spacial score (nSPS) is 24.0. The molecule has 0 amide bonds. The van der Waals surface area contributed by atoms with Crippen LogP contribution >= 0.6 is 0 Å². The molecule has 0 aliphatic carbocycles. The van der Waals surface area contributed by atoms with E-state index in [-0.39, 0.29) is 0 Å². The first-order valence-electron chi connectivity index (χ1n) is 8.77. The summed E-state index contributed by atoms with van der Waals surface area (Å²) in [7, 11) is 0. The van der Waals surface area contributed by atoms with Gasteiger partial charge >= 0.3 is 0 Å². The predicted octanol–water partition coefficient (Wildman–Crippen LogP) is 5.07. The molecule has 1 unspecified atom stereocenters. The van der Waals surface area contributed by atoms with E-state index in [2.05, 4.69) is 66.4 Å². The molecule has 2 aliphatic heterocycles. The highest BCUT2D eigenvalue weighted by atomic mass is 15.3. The Morgan fingerprint density at radius 1 is 0.913 bits per heavy atom. The van der Waals surface area contributed by atoms with Crippen LogP contribution in [0.15, 0.2) is 59.6 Å². The highest BCUT2D eigenvalue weighted by Crippen LogP contribution is 2.45. The maximum absolute atomic E-state index is 4.84. The van der Waals surface area contributed by atoms with Gasteiger partial charge in [0.1, 0.15) is 0 Å². The standard InChI is InChI=1S/C21H24N2/c1-16-8-5-6-11-18(16)20-14-13-19(17-9-3-2-4-10-17)23(20)21-12-7-15-22-21/h2-6,8-11,19-20H,7,12-15H2,1H3/t19?,20-/m0/s1. The van der Waals surface area contributed by atoms with E-state index < -0.39 is 0 Å². The Morgan fingerprint density at radius 2 is 1.65 bits per heavy atom. The van der Waals surface area contributed by atoms with Crippen LogP contribution < -0.4 is 0 Å². The van der Waals surface area contributed by atoms with Gasteiger partial charge in [0, 0.05) is 13.0 Å². The Balaban J connectivity index is 1.74. The van der Waals surface area contributed by atoms with Crippen molar-refractivity contribution in [3.05, 3.63) is 71.3 Å². The Morgan fingerprint density at radius 3 is 2.39 bits per heavy atom. The molecule has 0 saturated carbocycles. The Labute approximate surface area is 138 Å². The zero-order valence-corrected chi connectivity index (χ0v) is 13.8. The Hall–Kier alpha value is -2.09. The van der Waals surface area contributed by atoms with Crippen molar-refractivity contribution in [1.29, 1.82) is 0 Å². The van der Waals surface area contributed by atoms with Crippen molar-refractivity contribution < 1.29 is 0 Å². The van der Waals surface area contributed by atoms with Gasteiger partial charge in [0.15, 0.2) is 0 Å². The quantitative estimate of drug-likeness (QED) is 0.756. The molecule has 2 atom stereocenters. The second kappa shape index (κ2) is 6.19. The summed E-state index contributed by atoms with van der Waals surface area (Å²) < 4.78 is 0. The fraction of sp³-hybridized carbons (Fsp3) is 0.381. The minimum absolute atomic E-state index is 0.470. The Bertz CT molecular complexity index is 705. The summed E-state index contributed by atoms with van der Waals surface area (Å²) in [5.74, 6) is 1.32. The lowest BCUT2D eigenvalue weighted by Gasteiger charge is -2.33. The van der Waals surface area contributed by atoms with Gasteiger partial charge in [0.2, 0.25) is 0 Å². The largest absolute Gasteiger partial charge is 0.346 e. The van der Waals surface area contributed by atoms with Crippen LogP contribution in [-0.4, -0.2) is 17.3 Å². The van der Waals surface area contributed by atoms with Gasteiger partial charge in [-0.2, -0.15) is 0 Å². The van der Waals surface area contributed by atoms with E-state index in [4.69, 9.17) is 4.99 Å². The summed E-state index contributed by atoms with van der Waals surface area (Å²) in [6, 6.07) is 20.8. The summed E-state index contributed by atoms with van der Waals surface area (Å²) in [5, 5.41) is 0. The maximum atomic E-state index is 4.84. The third-order valence-corrected chi connectivity index (χ3v) is 5.27. The van der Waals surface area contributed by atoms with Crippen LogP contribution in [0.5, 0.6) is 0 Å². The van der Waals surface area contributed by atoms with Gasteiger partial charge < -0.3 is 4.90 Å². The molecule has 0 N–H and O–H groups in total. The van der Waals surface area contributed by atoms with Crippen molar-refractivity contribution in [2.45, 2.75) is 44.7 Å². The summed E-state index contributed by atoms with van der Waals surface area (Å²) in [6.45, 7) is 3.23. The van der Waals surface area contributed by atoms with Crippen LogP contribution in [0.1, 0.15) is 54.5 Å². The summed E-state index contributed by atoms with van der Waals surface area (Å²) in [5.41, 5.74) is 4.30. The van der Waals surface area contributed by atoms with Gasteiger partial charge in [0.05, 0.1) is 17.9 Å². The lowest BCUT2D eigenvalue weighted by Crippen LogP contribution is -2.32. The van der Waals surface area contributed by atoms with E-state index in [1.54, 1.807) is 0 Å². The van der Waals surface area contributed by atoms with Crippen LogP contribution in [-0.2, 0) is 0 Å². The highest BCUT2D eigenvalue weighted by Gasteiger charge is 2.38. The molecule has 23 heavy (non-hydrogen) atoms. The molecule has 118 valence electrons. The van der Waals surface area contributed by atoms with Crippen LogP contribution in [0.2, 0.25) is 0 Å². The molecule has 2 aromatic carbocycles. The number of aryl methyl sites for hydroxylation is 1. The number of rotatable bonds is 2. The predicted molar refractivity (Wildman–Crippen MR) is 95.7 cm³/mol. The van der Waals surface area contributed by atoms with Gasteiger partial charge in [-0.3, -0.25) is 4.99 Å². The number of benzene rings is 2. The second-order valence-electron chi connectivity index (χ2n) is 6.68. The first kappa shape index (κ1) is 14.5. The van der Waals surface area contributed by atoms with Gasteiger partial charge in [-0.25, -0.2) is 0 Å². The minimum atomic E-state index is 0.470.